The van der Waals surface area contributed by atoms with Crippen molar-refractivity contribution in [2.24, 2.45) is 5.10 Å². The summed E-state index contributed by atoms with van der Waals surface area (Å²) < 4.78 is 5.31. The van der Waals surface area contributed by atoms with E-state index in [1.807, 2.05) is 24.3 Å². The minimum Gasteiger partial charge on any atom is -0.497 e. The first-order valence-corrected chi connectivity index (χ1v) is 7.91. The highest BCUT2D eigenvalue weighted by Gasteiger charge is 2.21. The van der Waals surface area contributed by atoms with Crippen molar-refractivity contribution in [2.75, 3.05) is 7.11 Å². The summed E-state index contributed by atoms with van der Waals surface area (Å²) in [4.78, 5) is 22.5. The van der Waals surface area contributed by atoms with Crippen LogP contribution in [0.1, 0.15) is 30.5 Å². The second-order valence-corrected chi connectivity index (χ2v) is 5.82. The highest BCUT2D eigenvalue weighted by Crippen LogP contribution is 2.28. The molecule has 1 aliphatic rings. The molecule has 0 radical (unpaired) electrons. The summed E-state index contributed by atoms with van der Waals surface area (Å²) in [7, 11) is 1.57. The number of ether oxygens (including phenoxy) is 1. The van der Waals surface area contributed by atoms with Crippen LogP contribution in [0.3, 0.4) is 0 Å². The molecule has 26 heavy (non-hydrogen) atoms. The predicted octanol–water partition coefficient (Wildman–Crippen LogP) is 3.58. The number of fused-ring (bicyclic) bond motifs is 1. The minimum absolute atomic E-state index is 0.00781. The molecule has 1 amide bonds. The van der Waals surface area contributed by atoms with Crippen LogP contribution in [-0.4, -0.2) is 28.7 Å². The van der Waals surface area contributed by atoms with Crippen molar-refractivity contribution in [3.05, 3.63) is 75.0 Å². The quantitative estimate of drug-likeness (QED) is 0.625. The van der Waals surface area contributed by atoms with Crippen LogP contribution in [0.4, 0.5) is 5.69 Å². The number of allylic oxidation sites excluding steroid dienone is 1. The Morgan fingerprint density at radius 3 is 2.46 bits per heavy atom. The third-order valence-corrected chi connectivity index (χ3v) is 4.06. The number of methoxy groups -OCH3 is 1. The van der Waals surface area contributed by atoms with Gasteiger partial charge in [0, 0.05) is 35.9 Å². The Kier molecular flexibility index (Phi) is 4.53. The van der Waals surface area contributed by atoms with E-state index in [2.05, 4.69) is 5.10 Å². The summed E-state index contributed by atoms with van der Waals surface area (Å²) in [6.07, 6.45) is 1.87. The standard InChI is InChI=1S/C19H17N3O4/c1-12-10-15-6-9-17(26-3)11-18(15)19(20-21(12)13(2)23)14-4-7-16(8-5-14)22(24)25/h4-11H,1-3H3. The number of hydrogen-bond acceptors (Lipinski definition) is 5. The van der Waals surface area contributed by atoms with Crippen LogP contribution in [0.2, 0.25) is 0 Å². The van der Waals surface area contributed by atoms with Crippen molar-refractivity contribution in [1.29, 1.82) is 0 Å². The average Bonchev–Trinajstić information content (AvgIpc) is 2.77. The number of non-ortho nitro benzene ring substituents is 1. The van der Waals surface area contributed by atoms with Gasteiger partial charge in [0.1, 0.15) is 5.75 Å². The van der Waals surface area contributed by atoms with Crippen LogP contribution in [0.25, 0.3) is 6.08 Å². The molecule has 1 aliphatic heterocycles. The molecule has 0 saturated heterocycles. The predicted molar refractivity (Wildman–Crippen MR) is 97.9 cm³/mol. The first-order chi connectivity index (χ1) is 12.4. The molecule has 1 heterocycles. The van der Waals surface area contributed by atoms with E-state index in [1.165, 1.54) is 24.1 Å². The zero-order valence-corrected chi connectivity index (χ0v) is 14.6. The molecule has 2 aromatic rings. The molecule has 2 aromatic carbocycles. The molecule has 3 rings (SSSR count). The van der Waals surface area contributed by atoms with E-state index in [4.69, 9.17) is 4.74 Å². The number of benzene rings is 2. The van der Waals surface area contributed by atoms with Crippen molar-refractivity contribution in [3.63, 3.8) is 0 Å². The number of nitrogens with zero attached hydrogens (tertiary/aromatic N) is 3. The summed E-state index contributed by atoms with van der Waals surface area (Å²) in [5.74, 6) is 0.429. The van der Waals surface area contributed by atoms with E-state index < -0.39 is 4.92 Å². The number of carbonyl (C=O) groups excluding carboxylic acids is 1. The Labute approximate surface area is 150 Å². The van der Waals surface area contributed by atoms with E-state index in [1.54, 1.807) is 26.2 Å². The highest BCUT2D eigenvalue weighted by molar-refractivity contribution is 6.15. The van der Waals surface area contributed by atoms with E-state index in [0.717, 1.165) is 11.1 Å². The lowest BCUT2D eigenvalue weighted by Crippen LogP contribution is -2.22. The van der Waals surface area contributed by atoms with E-state index >= 15 is 0 Å². The molecule has 0 atom stereocenters. The van der Waals surface area contributed by atoms with Gasteiger partial charge in [-0.05, 0) is 42.8 Å². The Morgan fingerprint density at radius 2 is 1.88 bits per heavy atom. The molecular weight excluding hydrogens is 334 g/mol. The van der Waals surface area contributed by atoms with Gasteiger partial charge in [0.25, 0.3) is 5.69 Å². The van der Waals surface area contributed by atoms with E-state index in [0.29, 0.717) is 22.7 Å². The molecule has 0 N–H and O–H groups in total. The van der Waals surface area contributed by atoms with Gasteiger partial charge in [0.15, 0.2) is 0 Å². The zero-order valence-electron chi connectivity index (χ0n) is 14.6. The highest BCUT2D eigenvalue weighted by atomic mass is 16.6. The molecule has 0 aliphatic carbocycles. The summed E-state index contributed by atoms with van der Waals surface area (Å²) in [5.41, 5.74) is 3.54. The first-order valence-electron chi connectivity index (χ1n) is 7.91. The van der Waals surface area contributed by atoms with Crippen molar-refractivity contribution >= 4 is 23.4 Å². The normalized spacial score (nSPS) is 13.3. The van der Waals surface area contributed by atoms with Crippen LogP contribution >= 0.6 is 0 Å². The van der Waals surface area contributed by atoms with Gasteiger partial charge in [-0.15, -0.1) is 0 Å². The summed E-state index contributed by atoms with van der Waals surface area (Å²) in [6.45, 7) is 3.24. The number of hydrazone groups is 1. The van der Waals surface area contributed by atoms with Crippen LogP contribution in [0.15, 0.2) is 53.3 Å². The average molecular weight is 351 g/mol. The monoisotopic (exact) mass is 351 g/mol. The summed E-state index contributed by atoms with van der Waals surface area (Å²) in [5, 5.41) is 16.8. The summed E-state index contributed by atoms with van der Waals surface area (Å²) in [6, 6.07) is 11.6. The molecule has 0 unspecified atom stereocenters. The fourth-order valence-corrected chi connectivity index (χ4v) is 2.79. The van der Waals surface area contributed by atoms with Gasteiger partial charge >= 0.3 is 0 Å². The maximum absolute atomic E-state index is 12.0. The smallest absolute Gasteiger partial charge is 0.269 e. The topological polar surface area (TPSA) is 85.0 Å². The van der Waals surface area contributed by atoms with Crippen LogP contribution in [0.5, 0.6) is 5.75 Å². The lowest BCUT2D eigenvalue weighted by Gasteiger charge is -2.16. The lowest BCUT2D eigenvalue weighted by atomic mass is 9.97. The van der Waals surface area contributed by atoms with Crippen molar-refractivity contribution in [3.8, 4) is 5.75 Å². The molecular formula is C19H17N3O4. The Hall–Kier alpha value is -3.48. The third-order valence-electron chi connectivity index (χ3n) is 4.06. The maximum Gasteiger partial charge on any atom is 0.269 e. The first kappa shape index (κ1) is 17.3. The van der Waals surface area contributed by atoms with Gasteiger partial charge in [-0.25, -0.2) is 5.01 Å². The van der Waals surface area contributed by atoms with Gasteiger partial charge in [-0.1, -0.05) is 6.07 Å². The van der Waals surface area contributed by atoms with Crippen LogP contribution < -0.4 is 4.74 Å². The SMILES string of the molecule is COc1ccc2c(c1)C(c1ccc([N+](=O)[O-])cc1)=NN(C(C)=O)C(C)=C2. The number of nitro groups is 1. The van der Waals surface area contributed by atoms with Gasteiger partial charge in [0.05, 0.1) is 17.7 Å². The number of rotatable bonds is 3. The molecule has 0 aromatic heterocycles. The van der Waals surface area contributed by atoms with E-state index in [-0.39, 0.29) is 11.6 Å². The van der Waals surface area contributed by atoms with Gasteiger partial charge < -0.3 is 4.74 Å². The number of carbonyl (C=O) groups is 1. The summed E-state index contributed by atoms with van der Waals surface area (Å²) >= 11 is 0. The molecule has 7 nitrogen and oxygen atoms in total. The second kappa shape index (κ2) is 6.79. The van der Waals surface area contributed by atoms with Gasteiger partial charge in [0.2, 0.25) is 5.91 Å². The van der Waals surface area contributed by atoms with Crippen molar-refractivity contribution in [1.82, 2.24) is 5.01 Å². The Morgan fingerprint density at radius 1 is 1.19 bits per heavy atom. The fourth-order valence-electron chi connectivity index (χ4n) is 2.79. The number of amides is 1. The third kappa shape index (κ3) is 3.19. The van der Waals surface area contributed by atoms with E-state index in [9.17, 15) is 14.9 Å². The van der Waals surface area contributed by atoms with Crippen LogP contribution in [0, 0.1) is 10.1 Å². The van der Waals surface area contributed by atoms with Gasteiger partial charge in [-0.3, -0.25) is 14.9 Å². The number of nitro benzene ring substituents is 1. The maximum atomic E-state index is 12.0. The van der Waals surface area contributed by atoms with Gasteiger partial charge in [-0.2, -0.15) is 5.10 Å². The molecule has 132 valence electrons. The van der Waals surface area contributed by atoms with Crippen LogP contribution in [-0.2, 0) is 4.79 Å². The largest absolute Gasteiger partial charge is 0.497 e. The lowest BCUT2D eigenvalue weighted by molar-refractivity contribution is -0.384. The number of hydrogen-bond donors (Lipinski definition) is 0. The molecule has 0 saturated carbocycles. The Bertz CT molecular complexity index is 946. The minimum atomic E-state index is -0.455. The van der Waals surface area contributed by atoms with Crippen molar-refractivity contribution in [2.45, 2.75) is 13.8 Å². The van der Waals surface area contributed by atoms with Crippen molar-refractivity contribution < 1.29 is 14.5 Å². The molecule has 0 fully saturated rings. The second-order valence-electron chi connectivity index (χ2n) is 5.82. The molecule has 7 heteroatoms. The molecule has 0 spiro atoms. The Balaban J connectivity index is 2.22. The zero-order chi connectivity index (χ0) is 18.8. The fraction of sp³-hybridized carbons (Fsp3) is 0.158. The molecule has 0 bridgehead atoms.